The van der Waals surface area contributed by atoms with Crippen LogP contribution in [0.4, 0.5) is 0 Å². The van der Waals surface area contributed by atoms with Gasteiger partial charge in [0.2, 0.25) is 5.91 Å². The number of likely N-dealkylation sites (tertiary alicyclic amines) is 2. The van der Waals surface area contributed by atoms with Gasteiger partial charge >= 0.3 is 0 Å². The van der Waals surface area contributed by atoms with Crippen molar-refractivity contribution in [2.75, 3.05) is 32.8 Å². The summed E-state index contributed by atoms with van der Waals surface area (Å²) in [5.74, 6) is 1.49. The normalized spacial score (nSPS) is 18.6. The number of rotatable bonds is 7. The van der Waals surface area contributed by atoms with Crippen LogP contribution in [0.2, 0.25) is 0 Å². The Kier molecular flexibility index (Phi) is 7.26. The van der Waals surface area contributed by atoms with E-state index >= 15 is 0 Å². The molecule has 0 unspecified atom stereocenters. The number of hydrogen-bond donors (Lipinski definition) is 0. The van der Waals surface area contributed by atoms with Gasteiger partial charge in [0.15, 0.2) is 0 Å². The van der Waals surface area contributed by atoms with E-state index < -0.39 is 0 Å². The number of nitrogens with zero attached hydrogens (tertiary/aromatic N) is 3. The summed E-state index contributed by atoms with van der Waals surface area (Å²) in [6, 6.07) is 18.0. The highest BCUT2D eigenvalue weighted by atomic mass is 16.5. The molecule has 2 amide bonds. The Hall–Kier alpha value is -3.41. The van der Waals surface area contributed by atoms with Crippen LogP contribution in [0.15, 0.2) is 60.8 Å². The van der Waals surface area contributed by atoms with Gasteiger partial charge in [-0.25, -0.2) is 0 Å². The van der Waals surface area contributed by atoms with Crippen molar-refractivity contribution in [2.24, 2.45) is 5.92 Å². The van der Waals surface area contributed by atoms with Gasteiger partial charge in [-0.15, -0.1) is 0 Å². The average Bonchev–Trinajstić information content (AvgIpc) is 3.15. The summed E-state index contributed by atoms with van der Waals surface area (Å²) in [6.07, 6.45) is 7.55. The molecule has 35 heavy (non-hydrogen) atoms. The van der Waals surface area contributed by atoms with E-state index in [4.69, 9.17) is 4.74 Å². The zero-order valence-corrected chi connectivity index (χ0v) is 20.2. The lowest BCUT2D eigenvalue weighted by Crippen LogP contribution is -2.32. The first-order chi connectivity index (χ1) is 17.2. The second-order valence-corrected chi connectivity index (χ2v) is 9.65. The Bertz CT molecular complexity index is 1190. The maximum atomic E-state index is 13.3. The van der Waals surface area contributed by atoms with Crippen LogP contribution in [0.5, 0.6) is 5.75 Å². The Balaban J connectivity index is 1.17. The van der Waals surface area contributed by atoms with Crippen LogP contribution < -0.4 is 4.74 Å². The van der Waals surface area contributed by atoms with E-state index in [1.54, 1.807) is 0 Å². The molecule has 6 nitrogen and oxygen atoms in total. The van der Waals surface area contributed by atoms with E-state index in [1.165, 1.54) is 10.9 Å². The average molecular weight is 472 g/mol. The van der Waals surface area contributed by atoms with Gasteiger partial charge in [0.1, 0.15) is 12.4 Å². The fraction of sp³-hybridized carbons (Fsp3) is 0.414. The van der Waals surface area contributed by atoms with Crippen molar-refractivity contribution in [2.45, 2.75) is 38.5 Å². The first-order valence-electron chi connectivity index (χ1n) is 12.8. The molecule has 2 saturated heterocycles. The topological polar surface area (TPSA) is 62.7 Å². The number of amides is 2. The predicted octanol–water partition coefficient (Wildman–Crippen LogP) is 4.72. The first kappa shape index (κ1) is 23.3. The van der Waals surface area contributed by atoms with Crippen LogP contribution in [0.3, 0.4) is 0 Å². The van der Waals surface area contributed by atoms with Gasteiger partial charge in [-0.3, -0.25) is 14.6 Å². The van der Waals surface area contributed by atoms with Crippen molar-refractivity contribution in [3.63, 3.8) is 0 Å². The van der Waals surface area contributed by atoms with Gasteiger partial charge in [-0.2, -0.15) is 0 Å². The van der Waals surface area contributed by atoms with Crippen molar-refractivity contribution in [3.8, 4) is 5.75 Å². The zero-order valence-electron chi connectivity index (χ0n) is 20.2. The summed E-state index contributed by atoms with van der Waals surface area (Å²) in [5, 5.41) is 1.18. The van der Waals surface area contributed by atoms with Crippen LogP contribution in [-0.4, -0.2) is 59.4 Å². The van der Waals surface area contributed by atoms with E-state index in [9.17, 15) is 9.59 Å². The number of ether oxygens (including phenoxy) is 1. The first-order valence-corrected chi connectivity index (χ1v) is 12.8. The Morgan fingerprint density at radius 3 is 2.77 bits per heavy atom. The number of carbonyl (C=O) groups excluding carboxylic acids is 2. The number of fused-ring (bicyclic) bond motifs is 1. The standard InChI is InChI=1S/C29H33N3O3/c33-27-12-5-15-31(27)18-19-35-26-11-2-9-25(21-26)29(34)32-16-4-6-22(13-17-32)20-24-8-1-7-23-10-3-14-30-28(23)24/h1-3,7-11,14,21-22H,4-6,12-13,15-20H2/t22-/m0/s1. The molecule has 2 fully saturated rings. The number of pyridine rings is 1. The number of hydrogen-bond acceptors (Lipinski definition) is 4. The second kappa shape index (κ2) is 10.9. The van der Waals surface area contributed by atoms with E-state index in [0.717, 1.165) is 57.3 Å². The fourth-order valence-electron chi connectivity index (χ4n) is 5.33. The lowest BCUT2D eigenvalue weighted by atomic mass is 9.91. The molecule has 1 atom stereocenters. The highest BCUT2D eigenvalue weighted by Crippen LogP contribution is 2.26. The Morgan fingerprint density at radius 1 is 1.00 bits per heavy atom. The minimum atomic E-state index is 0.0673. The largest absolute Gasteiger partial charge is 0.492 e. The molecule has 3 aromatic rings. The molecule has 2 aliphatic rings. The molecule has 3 heterocycles. The Labute approximate surface area is 206 Å². The number of benzene rings is 2. The van der Waals surface area contributed by atoms with E-state index in [1.807, 2.05) is 46.3 Å². The van der Waals surface area contributed by atoms with Crippen LogP contribution in [0.1, 0.15) is 48.0 Å². The second-order valence-electron chi connectivity index (χ2n) is 9.65. The van der Waals surface area contributed by atoms with Gasteiger partial charge < -0.3 is 14.5 Å². The smallest absolute Gasteiger partial charge is 0.253 e. The monoisotopic (exact) mass is 471 g/mol. The molecule has 0 saturated carbocycles. The van der Waals surface area contributed by atoms with Crippen molar-refractivity contribution in [3.05, 3.63) is 71.9 Å². The summed E-state index contributed by atoms with van der Waals surface area (Å²) in [6.45, 7) is 3.40. The maximum absolute atomic E-state index is 13.3. The third-order valence-corrected chi connectivity index (χ3v) is 7.24. The van der Waals surface area contributed by atoms with Gasteiger partial charge in [0.05, 0.1) is 12.1 Å². The summed E-state index contributed by atoms with van der Waals surface area (Å²) < 4.78 is 5.87. The minimum Gasteiger partial charge on any atom is -0.492 e. The molecular formula is C29H33N3O3. The Morgan fingerprint density at radius 2 is 1.89 bits per heavy atom. The van der Waals surface area contributed by atoms with E-state index in [-0.39, 0.29) is 11.8 Å². The molecule has 2 aromatic carbocycles. The van der Waals surface area contributed by atoms with E-state index in [0.29, 0.717) is 36.8 Å². The summed E-state index contributed by atoms with van der Waals surface area (Å²) in [4.78, 5) is 33.5. The number of para-hydroxylation sites is 1. The summed E-state index contributed by atoms with van der Waals surface area (Å²) in [7, 11) is 0. The molecule has 0 aliphatic carbocycles. The molecule has 6 heteroatoms. The SMILES string of the molecule is O=C1CCCN1CCOc1cccc(C(=O)N2CCC[C@H](Cc3cccc4cccnc34)CC2)c1. The van der Waals surface area contributed by atoms with Crippen LogP contribution in [-0.2, 0) is 11.2 Å². The maximum Gasteiger partial charge on any atom is 0.253 e. The minimum absolute atomic E-state index is 0.0673. The lowest BCUT2D eigenvalue weighted by Gasteiger charge is -2.21. The van der Waals surface area contributed by atoms with Crippen molar-refractivity contribution in [1.29, 1.82) is 0 Å². The van der Waals surface area contributed by atoms with Crippen LogP contribution in [0, 0.1) is 5.92 Å². The molecule has 0 spiro atoms. The number of carbonyl (C=O) groups is 2. The van der Waals surface area contributed by atoms with Crippen molar-refractivity contribution < 1.29 is 14.3 Å². The third-order valence-electron chi connectivity index (χ3n) is 7.24. The molecule has 1 aromatic heterocycles. The molecular weight excluding hydrogens is 438 g/mol. The molecule has 2 aliphatic heterocycles. The van der Waals surface area contributed by atoms with Crippen LogP contribution in [0.25, 0.3) is 10.9 Å². The van der Waals surface area contributed by atoms with E-state index in [2.05, 4.69) is 29.2 Å². The van der Waals surface area contributed by atoms with Crippen LogP contribution >= 0.6 is 0 Å². The van der Waals surface area contributed by atoms with Gasteiger partial charge in [0, 0.05) is 43.2 Å². The zero-order chi connectivity index (χ0) is 24.0. The summed E-state index contributed by atoms with van der Waals surface area (Å²) in [5.41, 5.74) is 3.06. The highest BCUT2D eigenvalue weighted by molar-refractivity contribution is 5.94. The molecule has 5 rings (SSSR count). The van der Waals surface area contributed by atoms with Crippen molar-refractivity contribution >= 4 is 22.7 Å². The van der Waals surface area contributed by atoms with Gasteiger partial charge in [0.25, 0.3) is 5.91 Å². The predicted molar refractivity (Wildman–Crippen MR) is 136 cm³/mol. The summed E-state index contributed by atoms with van der Waals surface area (Å²) >= 11 is 0. The van der Waals surface area contributed by atoms with Crippen molar-refractivity contribution in [1.82, 2.24) is 14.8 Å². The quantitative estimate of drug-likeness (QED) is 0.500. The van der Waals surface area contributed by atoms with Gasteiger partial charge in [-0.05, 0) is 67.9 Å². The molecule has 182 valence electrons. The molecule has 0 bridgehead atoms. The fourth-order valence-corrected chi connectivity index (χ4v) is 5.33. The highest BCUT2D eigenvalue weighted by Gasteiger charge is 2.23. The lowest BCUT2D eigenvalue weighted by molar-refractivity contribution is -0.128. The molecule has 0 radical (unpaired) electrons. The third kappa shape index (κ3) is 5.64. The molecule has 0 N–H and O–H groups in total. The number of aromatic nitrogens is 1. The van der Waals surface area contributed by atoms with Gasteiger partial charge in [-0.1, -0.05) is 30.3 Å².